The third-order valence-electron chi connectivity index (χ3n) is 5.73. The molecule has 1 saturated carbocycles. The Labute approximate surface area is 182 Å². The van der Waals surface area contributed by atoms with E-state index in [0.717, 1.165) is 41.2 Å². The van der Waals surface area contributed by atoms with Gasteiger partial charge in [0.1, 0.15) is 11.3 Å². The Hall–Kier alpha value is -3.34. The lowest BCUT2D eigenvalue weighted by Gasteiger charge is -2.21. The minimum absolute atomic E-state index is 0.141. The van der Waals surface area contributed by atoms with E-state index >= 15 is 0 Å². The standard InChI is InChI=1S/C23H28N4O4/c1-16-20(17(2)27(26-16)18-7-6-8-19(13-18)30-3)9-10-22(29)31-14-21(28)25-23(15-24)11-4-5-12-23/h6-8,13H,4-5,9-12,14H2,1-3H3,(H,25,28). The van der Waals surface area contributed by atoms with Gasteiger partial charge >= 0.3 is 5.97 Å². The van der Waals surface area contributed by atoms with Crippen LogP contribution in [0.4, 0.5) is 0 Å². The van der Waals surface area contributed by atoms with Crippen molar-refractivity contribution in [2.45, 2.75) is 57.9 Å². The Balaban J connectivity index is 1.55. The number of nitrogens with zero attached hydrogens (tertiary/aromatic N) is 3. The summed E-state index contributed by atoms with van der Waals surface area (Å²) < 4.78 is 12.2. The first-order chi connectivity index (χ1) is 14.9. The van der Waals surface area contributed by atoms with E-state index < -0.39 is 17.4 Å². The number of aromatic nitrogens is 2. The largest absolute Gasteiger partial charge is 0.497 e. The van der Waals surface area contributed by atoms with Crippen LogP contribution >= 0.6 is 0 Å². The molecule has 1 aliphatic carbocycles. The molecule has 0 spiro atoms. The monoisotopic (exact) mass is 424 g/mol. The molecule has 0 aliphatic heterocycles. The van der Waals surface area contributed by atoms with Gasteiger partial charge < -0.3 is 14.8 Å². The third kappa shape index (κ3) is 5.23. The minimum Gasteiger partial charge on any atom is -0.497 e. The third-order valence-corrected chi connectivity index (χ3v) is 5.73. The number of carbonyl (C=O) groups excluding carboxylic acids is 2. The summed E-state index contributed by atoms with van der Waals surface area (Å²) in [4.78, 5) is 24.3. The zero-order valence-electron chi connectivity index (χ0n) is 18.2. The Bertz CT molecular complexity index is 999. The minimum atomic E-state index is -0.813. The number of nitriles is 1. The molecular weight excluding hydrogens is 396 g/mol. The number of nitrogens with one attached hydrogen (secondary N) is 1. The highest BCUT2D eigenvalue weighted by molar-refractivity contribution is 5.81. The number of methoxy groups -OCH3 is 1. The first kappa shape index (κ1) is 22.3. The molecule has 1 aromatic carbocycles. The lowest BCUT2D eigenvalue weighted by Crippen LogP contribution is -2.46. The van der Waals surface area contributed by atoms with E-state index in [1.807, 2.05) is 42.8 Å². The van der Waals surface area contributed by atoms with E-state index in [4.69, 9.17) is 9.47 Å². The Morgan fingerprint density at radius 2 is 2.03 bits per heavy atom. The lowest BCUT2D eigenvalue weighted by molar-refractivity contribution is -0.148. The van der Waals surface area contributed by atoms with Crippen molar-refractivity contribution in [3.63, 3.8) is 0 Å². The van der Waals surface area contributed by atoms with Gasteiger partial charge in [-0.05, 0) is 63.6 Å². The van der Waals surface area contributed by atoms with E-state index in [-0.39, 0.29) is 13.0 Å². The molecule has 1 fully saturated rings. The number of esters is 1. The predicted molar refractivity (Wildman–Crippen MR) is 114 cm³/mol. The summed E-state index contributed by atoms with van der Waals surface area (Å²) in [6.07, 6.45) is 3.70. The molecule has 0 saturated heterocycles. The van der Waals surface area contributed by atoms with Crippen molar-refractivity contribution in [2.75, 3.05) is 13.7 Å². The molecular formula is C23H28N4O4. The number of amides is 1. The van der Waals surface area contributed by atoms with Crippen molar-refractivity contribution in [3.8, 4) is 17.5 Å². The highest BCUT2D eigenvalue weighted by atomic mass is 16.5. The molecule has 1 heterocycles. The van der Waals surface area contributed by atoms with Gasteiger partial charge in [0, 0.05) is 18.2 Å². The first-order valence-corrected chi connectivity index (χ1v) is 10.4. The molecule has 3 rings (SSSR count). The van der Waals surface area contributed by atoms with Crippen LogP contribution in [0.5, 0.6) is 5.75 Å². The highest BCUT2D eigenvalue weighted by Crippen LogP contribution is 2.28. The van der Waals surface area contributed by atoms with Gasteiger partial charge in [0.2, 0.25) is 0 Å². The molecule has 1 amide bonds. The van der Waals surface area contributed by atoms with Gasteiger partial charge in [-0.25, -0.2) is 4.68 Å². The molecule has 1 aliphatic rings. The number of carbonyl (C=O) groups is 2. The van der Waals surface area contributed by atoms with Crippen LogP contribution in [-0.2, 0) is 20.7 Å². The number of hydrogen-bond donors (Lipinski definition) is 1. The van der Waals surface area contributed by atoms with Crippen LogP contribution in [0.25, 0.3) is 5.69 Å². The number of aryl methyl sites for hydroxylation is 1. The molecule has 0 unspecified atom stereocenters. The molecule has 0 radical (unpaired) electrons. The highest BCUT2D eigenvalue weighted by Gasteiger charge is 2.35. The molecule has 1 aromatic heterocycles. The first-order valence-electron chi connectivity index (χ1n) is 10.4. The second kappa shape index (κ2) is 9.65. The Morgan fingerprint density at radius 3 is 2.71 bits per heavy atom. The average molecular weight is 425 g/mol. The van der Waals surface area contributed by atoms with E-state index in [2.05, 4.69) is 16.5 Å². The summed E-state index contributed by atoms with van der Waals surface area (Å²) in [6, 6.07) is 9.79. The summed E-state index contributed by atoms with van der Waals surface area (Å²) >= 11 is 0. The van der Waals surface area contributed by atoms with E-state index in [1.54, 1.807) is 7.11 Å². The smallest absolute Gasteiger partial charge is 0.306 e. The fourth-order valence-electron chi connectivity index (χ4n) is 4.02. The van der Waals surface area contributed by atoms with Crippen molar-refractivity contribution in [2.24, 2.45) is 0 Å². The van der Waals surface area contributed by atoms with Gasteiger partial charge in [-0.2, -0.15) is 10.4 Å². The molecule has 2 aromatic rings. The van der Waals surface area contributed by atoms with Crippen LogP contribution in [-0.4, -0.2) is 40.9 Å². The van der Waals surface area contributed by atoms with Crippen LogP contribution in [0.3, 0.4) is 0 Å². The second-order valence-corrected chi connectivity index (χ2v) is 7.87. The van der Waals surface area contributed by atoms with Crippen molar-refractivity contribution in [3.05, 3.63) is 41.2 Å². The van der Waals surface area contributed by atoms with Gasteiger partial charge in [-0.1, -0.05) is 6.07 Å². The maximum absolute atomic E-state index is 12.2. The maximum atomic E-state index is 12.2. The molecule has 8 heteroatoms. The molecule has 1 N–H and O–H groups in total. The summed E-state index contributed by atoms with van der Waals surface area (Å²) in [5.41, 5.74) is 2.81. The summed E-state index contributed by atoms with van der Waals surface area (Å²) in [5.74, 6) is -0.153. The Kier molecular flexibility index (Phi) is 6.95. The van der Waals surface area contributed by atoms with Gasteiger partial charge in [-0.15, -0.1) is 0 Å². The summed E-state index contributed by atoms with van der Waals surface area (Å²) in [6.45, 7) is 3.49. The molecule has 164 valence electrons. The maximum Gasteiger partial charge on any atom is 0.306 e. The van der Waals surface area contributed by atoms with Gasteiger partial charge in [0.25, 0.3) is 5.91 Å². The van der Waals surface area contributed by atoms with Crippen molar-refractivity contribution < 1.29 is 19.1 Å². The van der Waals surface area contributed by atoms with Crippen molar-refractivity contribution >= 4 is 11.9 Å². The fourth-order valence-corrected chi connectivity index (χ4v) is 4.02. The molecule has 8 nitrogen and oxygen atoms in total. The molecule has 0 bridgehead atoms. The number of rotatable bonds is 8. The van der Waals surface area contributed by atoms with E-state index in [9.17, 15) is 14.9 Å². The Morgan fingerprint density at radius 1 is 1.29 bits per heavy atom. The summed E-state index contributed by atoms with van der Waals surface area (Å²) in [7, 11) is 1.62. The van der Waals surface area contributed by atoms with Gasteiger partial charge in [0.05, 0.1) is 24.6 Å². The van der Waals surface area contributed by atoms with E-state index in [1.165, 1.54) is 0 Å². The second-order valence-electron chi connectivity index (χ2n) is 7.87. The predicted octanol–water partition coefficient (Wildman–Crippen LogP) is 2.93. The van der Waals surface area contributed by atoms with Crippen molar-refractivity contribution in [1.82, 2.24) is 15.1 Å². The number of benzene rings is 1. The van der Waals surface area contributed by atoms with E-state index in [0.29, 0.717) is 19.3 Å². The summed E-state index contributed by atoms with van der Waals surface area (Å²) in [5, 5.41) is 16.6. The number of hydrogen-bond acceptors (Lipinski definition) is 6. The van der Waals surface area contributed by atoms with Crippen LogP contribution in [0.2, 0.25) is 0 Å². The van der Waals surface area contributed by atoms with Crippen LogP contribution < -0.4 is 10.1 Å². The SMILES string of the molecule is COc1cccc(-n2nc(C)c(CCC(=O)OCC(=O)NC3(C#N)CCCC3)c2C)c1. The average Bonchev–Trinajstić information content (AvgIpc) is 3.35. The number of ether oxygens (including phenoxy) is 2. The zero-order chi connectivity index (χ0) is 22.4. The van der Waals surface area contributed by atoms with Crippen LogP contribution in [0.1, 0.15) is 49.1 Å². The van der Waals surface area contributed by atoms with Gasteiger partial charge in [-0.3, -0.25) is 9.59 Å². The quantitative estimate of drug-likeness (QED) is 0.653. The van der Waals surface area contributed by atoms with Crippen LogP contribution in [0.15, 0.2) is 24.3 Å². The van der Waals surface area contributed by atoms with Crippen molar-refractivity contribution in [1.29, 1.82) is 5.26 Å². The van der Waals surface area contributed by atoms with Crippen LogP contribution in [0, 0.1) is 25.2 Å². The normalized spacial score (nSPS) is 14.6. The topological polar surface area (TPSA) is 106 Å². The zero-order valence-corrected chi connectivity index (χ0v) is 18.2. The van der Waals surface area contributed by atoms with Gasteiger partial charge in [0.15, 0.2) is 6.61 Å². The molecule has 31 heavy (non-hydrogen) atoms. The fraction of sp³-hybridized carbons (Fsp3) is 0.478. The lowest BCUT2D eigenvalue weighted by atomic mass is 10.00. The molecule has 0 atom stereocenters.